The van der Waals surface area contributed by atoms with E-state index in [4.69, 9.17) is 15.7 Å². The van der Waals surface area contributed by atoms with Crippen molar-refractivity contribution < 1.29 is 4.74 Å². The Kier molecular flexibility index (Phi) is 4.24. The standard InChI is InChI=1S/C10H10N4OS/c1-15-8-4-2-3-7(5-8)13-14-9(6-11)10(12)16/h2-5,13H,1H3,(H2,12,16). The van der Waals surface area contributed by atoms with Gasteiger partial charge in [0.15, 0.2) is 5.71 Å². The molecule has 1 aromatic rings. The number of benzene rings is 1. The molecule has 0 aliphatic rings. The number of thiocarbonyl (C=S) groups is 1. The first-order chi connectivity index (χ1) is 7.67. The van der Waals surface area contributed by atoms with Gasteiger partial charge in [0.1, 0.15) is 16.8 Å². The smallest absolute Gasteiger partial charge is 0.194 e. The maximum absolute atomic E-state index is 8.66. The second kappa shape index (κ2) is 5.68. The van der Waals surface area contributed by atoms with Gasteiger partial charge in [-0.1, -0.05) is 18.3 Å². The number of nitrogens with zero attached hydrogens (tertiary/aromatic N) is 2. The average molecular weight is 234 g/mol. The molecule has 5 nitrogen and oxygen atoms in total. The molecule has 0 saturated carbocycles. The fourth-order valence-electron chi connectivity index (χ4n) is 0.948. The Morgan fingerprint density at radius 2 is 2.38 bits per heavy atom. The first kappa shape index (κ1) is 11.9. The predicted molar refractivity (Wildman–Crippen MR) is 66.5 cm³/mol. The molecule has 0 spiro atoms. The van der Waals surface area contributed by atoms with Gasteiger partial charge in [-0.25, -0.2) is 0 Å². The van der Waals surface area contributed by atoms with Gasteiger partial charge in [-0.15, -0.1) is 0 Å². The third kappa shape index (κ3) is 3.22. The van der Waals surface area contributed by atoms with Crippen molar-refractivity contribution in [1.82, 2.24) is 0 Å². The van der Waals surface area contributed by atoms with E-state index in [-0.39, 0.29) is 10.7 Å². The molecule has 0 radical (unpaired) electrons. The molecule has 0 aliphatic heterocycles. The van der Waals surface area contributed by atoms with Crippen molar-refractivity contribution in [1.29, 1.82) is 5.26 Å². The van der Waals surface area contributed by atoms with Gasteiger partial charge < -0.3 is 10.5 Å². The van der Waals surface area contributed by atoms with Crippen LogP contribution in [0.5, 0.6) is 5.75 Å². The molecule has 0 aliphatic carbocycles. The number of ether oxygens (including phenoxy) is 1. The minimum absolute atomic E-state index is 0.0159. The summed E-state index contributed by atoms with van der Waals surface area (Å²) in [6.07, 6.45) is 0. The summed E-state index contributed by atoms with van der Waals surface area (Å²) >= 11 is 4.64. The molecule has 1 aromatic carbocycles. The topological polar surface area (TPSA) is 83.4 Å². The van der Waals surface area contributed by atoms with E-state index >= 15 is 0 Å². The van der Waals surface area contributed by atoms with Gasteiger partial charge in [0.05, 0.1) is 12.8 Å². The third-order valence-electron chi connectivity index (χ3n) is 1.71. The van der Waals surface area contributed by atoms with Crippen molar-refractivity contribution in [3.05, 3.63) is 24.3 Å². The van der Waals surface area contributed by atoms with Crippen LogP contribution in [0.25, 0.3) is 0 Å². The summed E-state index contributed by atoms with van der Waals surface area (Å²) in [6.45, 7) is 0. The number of anilines is 1. The molecule has 1 rings (SSSR count). The number of nitrogens with two attached hydrogens (primary N) is 1. The molecule has 0 aromatic heterocycles. The fourth-order valence-corrected chi connectivity index (χ4v) is 1.04. The normalized spacial score (nSPS) is 10.4. The molecule has 0 unspecified atom stereocenters. The van der Waals surface area contributed by atoms with E-state index in [1.165, 1.54) is 0 Å². The van der Waals surface area contributed by atoms with E-state index in [2.05, 4.69) is 22.7 Å². The van der Waals surface area contributed by atoms with Crippen LogP contribution < -0.4 is 15.9 Å². The largest absolute Gasteiger partial charge is 0.497 e. The van der Waals surface area contributed by atoms with Crippen molar-refractivity contribution in [2.75, 3.05) is 12.5 Å². The third-order valence-corrected chi connectivity index (χ3v) is 1.90. The zero-order valence-corrected chi connectivity index (χ0v) is 9.41. The summed E-state index contributed by atoms with van der Waals surface area (Å²) in [5.41, 5.74) is 8.62. The van der Waals surface area contributed by atoms with Gasteiger partial charge in [0.25, 0.3) is 0 Å². The molecular weight excluding hydrogens is 224 g/mol. The number of nitriles is 1. The van der Waals surface area contributed by atoms with Crippen LogP contribution in [-0.4, -0.2) is 17.8 Å². The lowest BCUT2D eigenvalue weighted by molar-refractivity contribution is 0.415. The molecule has 0 saturated heterocycles. The summed E-state index contributed by atoms with van der Waals surface area (Å²) in [5, 5.41) is 12.4. The fraction of sp³-hybridized carbons (Fsp3) is 0.100. The van der Waals surface area contributed by atoms with Gasteiger partial charge in [0.2, 0.25) is 0 Å². The van der Waals surface area contributed by atoms with Crippen LogP contribution >= 0.6 is 12.2 Å². The van der Waals surface area contributed by atoms with Crippen LogP contribution in [0.4, 0.5) is 5.69 Å². The molecule has 0 fully saturated rings. The van der Waals surface area contributed by atoms with Crippen LogP contribution in [0.1, 0.15) is 0 Å². The Morgan fingerprint density at radius 1 is 1.62 bits per heavy atom. The molecule has 82 valence electrons. The molecular formula is C10H10N4OS. The monoisotopic (exact) mass is 234 g/mol. The molecule has 0 heterocycles. The first-order valence-corrected chi connectivity index (χ1v) is 4.76. The van der Waals surface area contributed by atoms with Crippen LogP contribution in [0.2, 0.25) is 0 Å². The lowest BCUT2D eigenvalue weighted by Crippen LogP contribution is -2.20. The Morgan fingerprint density at radius 3 is 2.94 bits per heavy atom. The lowest BCUT2D eigenvalue weighted by Gasteiger charge is -2.03. The highest BCUT2D eigenvalue weighted by Gasteiger charge is 2.00. The number of hydrogen-bond donors (Lipinski definition) is 2. The Balaban J connectivity index is 2.81. The van der Waals surface area contributed by atoms with E-state index < -0.39 is 0 Å². The maximum atomic E-state index is 8.66. The summed E-state index contributed by atoms with van der Waals surface area (Å²) in [6, 6.07) is 8.90. The zero-order chi connectivity index (χ0) is 12.0. The van der Waals surface area contributed by atoms with Gasteiger partial charge >= 0.3 is 0 Å². The number of hydrazone groups is 1. The zero-order valence-electron chi connectivity index (χ0n) is 8.60. The molecule has 0 amide bonds. The second-order valence-electron chi connectivity index (χ2n) is 2.78. The van der Waals surface area contributed by atoms with Crippen LogP contribution in [0, 0.1) is 11.3 Å². The Bertz CT molecular complexity index is 464. The number of nitrogens with one attached hydrogen (secondary N) is 1. The minimum Gasteiger partial charge on any atom is -0.497 e. The van der Waals surface area contributed by atoms with Crippen LogP contribution in [0.3, 0.4) is 0 Å². The van der Waals surface area contributed by atoms with Crippen molar-refractivity contribution >= 4 is 28.6 Å². The highest BCUT2D eigenvalue weighted by Crippen LogP contribution is 2.16. The highest BCUT2D eigenvalue weighted by molar-refractivity contribution is 7.82. The van der Waals surface area contributed by atoms with Gasteiger partial charge in [-0.3, -0.25) is 5.43 Å². The van der Waals surface area contributed by atoms with Crippen molar-refractivity contribution in [2.45, 2.75) is 0 Å². The van der Waals surface area contributed by atoms with Crippen molar-refractivity contribution in [3.63, 3.8) is 0 Å². The number of rotatable bonds is 4. The molecule has 6 heteroatoms. The van der Waals surface area contributed by atoms with Crippen molar-refractivity contribution in [2.24, 2.45) is 10.8 Å². The summed E-state index contributed by atoms with van der Waals surface area (Å²) in [5.74, 6) is 0.689. The minimum atomic E-state index is -0.0436. The Labute approximate surface area is 98.5 Å². The summed E-state index contributed by atoms with van der Waals surface area (Å²) < 4.78 is 5.03. The summed E-state index contributed by atoms with van der Waals surface area (Å²) in [4.78, 5) is -0.0436. The maximum Gasteiger partial charge on any atom is 0.194 e. The molecule has 0 bridgehead atoms. The average Bonchev–Trinajstić information content (AvgIpc) is 2.29. The van der Waals surface area contributed by atoms with Gasteiger partial charge in [-0.2, -0.15) is 10.4 Å². The second-order valence-corrected chi connectivity index (χ2v) is 3.22. The van der Waals surface area contributed by atoms with E-state index in [1.807, 2.05) is 0 Å². The lowest BCUT2D eigenvalue weighted by atomic mass is 10.3. The van der Waals surface area contributed by atoms with E-state index in [0.29, 0.717) is 11.4 Å². The van der Waals surface area contributed by atoms with Crippen LogP contribution in [-0.2, 0) is 0 Å². The molecule has 16 heavy (non-hydrogen) atoms. The predicted octanol–water partition coefficient (Wildman–Crippen LogP) is 1.27. The Hall–Kier alpha value is -2.13. The van der Waals surface area contributed by atoms with Gasteiger partial charge in [0, 0.05) is 6.07 Å². The quantitative estimate of drug-likeness (QED) is 0.465. The van der Waals surface area contributed by atoms with E-state index in [1.54, 1.807) is 37.4 Å². The van der Waals surface area contributed by atoms with Gasteiger partial charge in [-0.05, 0) is 12.1 Å². The number of methoxy groups -OCH3 is 1. The van der Waals surface area contributed by atoms with Crippen molar-refractivity contribution in [3.8, 4) is 11.8 Å². The van der Waals surface area contributed by atoms with E-state index in [0.717, 1.165) is 0 Å². The first-order valence-electron chi connectivity index (χ1n) is 4.35. The summed E-state index contributed by atoms with van der Waals surface area (Å²) in [7, 11) is 1.57. The van der Waals surface area contributed by atoms with E-state index in [9.17, 15) is 0 Å². The number of hydrogen-bond acceptors (Lipinski definition) is 5. The molecule has 0 atom stereocenters. The SMILES string of the molecule is COc1cccc(NN=C(C#N)C(N)=S)c1. The molecule has 3 N–H and O–H groups in total. The highest BCUT2D eigenvalue weighted by atomic mass is 32.1. The van der Waals surface area contributed by atoms with Crippen LogP contribution in [0.15, 0.2) is 29.4 Å².